The Labute approximate surface area is 93.2 Å². The van der Waals surface area contributed by atoms with Crippen molar-refractivity contribution in [2.45, 2.75) is 13.0 Å². The van der Waals surface area contributed by atoms with E-state index < -0.39 is 0 Å². The average Bonchev–Trinajstić information content (AvgIpc) is 2.78. The molecular formula is C11H13N3O2. The quantitative estimate of drug-likeness (QED) is 0.851. The van der Waals surface area contributed by atoms with E-state index in [1.54, 1.807) is 14.0 Å². The van der Waals surface area contributed by atoms with Gasteiger partial charge >= 0.3 is 0 Å². The fraction of sp³-hybridized carbons (Fsp3) is 0.273. The van der Waals surface area contributed by atoms with Crippen LogP contribution >= 0.6 is 0 Å². The molecule has 0 aliphatic carbocycles. The van der Waals surface area contributed by atoms with Crippen LogP contribution in [-0.2, 0) is 0 Å². The van der Waals surface area contributed by atoms with E-state index in [4.69, 9.17) is 15.0 Å². The summed E-state index contributed by atoms with van der Waals surface area (Å²) in [4.78, 5) is 4.21. The highest BCUT2D eigenvalue weighted by Gasteiger charge is 2.14. The molecule has 1 aromatic heterocycles. The topological polar surface area (TPSA) is 74.2 Å². The maximum absolute atomic E-state index is 5.66. The van der Waals surface area contributed by atoms with Crippen molar-refractivity contribution in [1.29, 1.82) is 0 Å². The fourth-order valence-electron chi connectivity index (χ4n) is 1.35. The van der Waals surface area contributed by atoms with Crippen LogP contribution in [0.3, 0.4) is 0 Å². The highest BCUT2D eigenvalue weighted by atomic mass is 16.5. The highest BCUT2D eigenvalue weighted by Crippen LogP contribution is 2.28. The standard InChI is InChI=1S/C11H13N3O2/c1-7(12)10-13-11(16-14-10)8-5-3-4-6-9(8)15-2/h3-7H,12H2,1-2H3/t7-/m0/s1. The lowest BCUT2D eigenvalue weighted by molar-refractivity contribution is 0.401. The smallest absolute Gasteiger partial charge is 0.261 e. The van der Waals surface area contributed by atoms with Crippen molar-refractivity contribution in [3.8, 4) is 17.2 Å². The van der Waals surface area contributed by atoms with Gasteiger partial charge < -0.3 is 15.0 Å². The molecule has 2 N–H and O–H groups in total. The summed E-state index contributed by atoms with van der Waals surface area (Å²) >= 11 is 0. The van der Waals surface area contributed by atoms with Gasteiger partial charge in [-0.15, -0.1) is 0 Å². The molecule has 0 unspecified atom stereocenters. The first-order valence-electron chi connectivity index (χ1n) is 4.95. The molecule has 84 valence electrons. The van der Waals surface area contributed by atoms with Gasteiger partial charge in [-0.1, -0.05) is 17.3 Å². The van der Waals surface area contributed by atoms with Gasteiger partial charge in [-0.05, 0) is 19.1 Å². The minimum Gasteiger partial charge on any atom is -0.496 e. The van der Waals surface area contributed by atoms with E-state index in [9.17, 15) is 0 Å². The maximum atomic E-state index is 5.66. The number of methoxy groups -OCH3 is 1. The summed E-state index contributed by atoms with van der Waals surface area (Å²) in [6.07, 6.45) is 0. The summed E-state index contributed by atoms with van der Waals surface area (Å²) in [5.41, 5.74) is 6.43. The second-order valence-corrected chi connectivity index (χ2v) is 3.45. The van der Waals surface area contributed by atoms with Crippen LogP contribution < -0.4 is 10.5 Å². The van der Waals surface area contributed by atoms with E-state index in [2.05, 4.69) is 10.1 Å². The highest BCUT2D eigenvalue weighted by molar-refractivity contribution is 5.62. The van der Waals surface area contributed by atoms with Gasteiger partial charge in [0.05, 0.1) is 18.7 Å². The normalized spacial score (nSPS) is 12.4. The molecule has 0 fully saturated rings. The average molecular weight is 219 g/mol. The van der Waals surface area contributed by atoms with Gasteiger partial charge in [0.25, 0.3) is 5.89 Å². The molecule has 0 saturated heterocycles. The van der Waals surface area contributed by atoms with Crippen molar-refractivity contribution < 1.29 is 9.26 Å². The third kappa shape index (κ3) is 1.90. The van der Waals surface area contributed by atoms with Gasteiger partial charge in [0.2, 0.25) is 0 Å². The number of rotatable bonds is 3. The van der Waals surface area contributed by atoms with Gasteiger partial charge in [-0.2, -0.15) is 4.98 Å². The van der Waals surface area contributed by atoms with Crippen molar-refractivity contribution >= 4 is 0 Å². The Hall–Kier alpha value is -1.88. The molecule has 5 heteroatoms. The zero-order chi connectivity index (χ0) is 11.5. The molecule has 0 amide bonds. The van der Waals surface area contributed by atoms with Crippen LogP contribution in [0.1, 0.15) is 18.8 Å². The number of hydrogen-bond acceptors (Lipinski definition) is 5. The van der Waals surface area contributed by atoms with Crippen LogP contribution in [-0.4, -0.2) is 17.3 Å². The fourth-order valence-corrected chi connectivity index (χ4v) is 1.35. The summed E-state index contributed by atoms with van der Waals surface area (Å²) in [5, 5.41) is 3.80. The molecule has 1 atom stereocenters. The summed E-state index contributed by atoms with van der Waals surface area (Å²) in [7, 11) is 1.60. The van der Waals surface area contributed by atoms with E-state index in [1.165, 1.54) is 0 Å². The monoisotopic (exact) mass is 219 g/mol. The molecule has 0 saturated carbocycles. The Morgan fingerprint density at radius 1 is 1.38 bits per heavy atom. The first-order chi connectivity index (χ1) is 7.72. The van der Waals surface area contributed by atoms with Crippen LogP contribution in [0, 0.1) is 0 Å². The molecule has 1 heterocycles. The van der Waals surface area contributed by atoms with Gasteiger partial charge in [0, 0.05) is 0 Å². The summed E-state index contributed by atoms with van der Waals surface area (Å²) in [5.74, 6) is 1.60. The first-order valence-corrected chi connectivity index (χ1v) is 4.95. The number of nitrogens with zero attached hydrogens (tertiary/aromatic N) is 2. The van der Waals surface area contributed by atoms with E-state index in [0.29, 0.717) is 17.5 Å². The van der Waals surface area contributed by atoms with Crippen molar-refractivity contribution in [1.82, 2.24) is 10.1 Å². The Morgan fingerprint density at radius 2 is 2.12 bits per heavy atom. The molecular weight excluding hydrogens is 206 g/mol. The van der Waals surface area contributed by atoms with Crippen LogP contribution in [0.5, 0.6) is 5.75 Å². The molecule has 16 heavy (non-hydrogen) atoms. The van der Waals surface area contributed by atoms with E-state index in [1.807, 2.05) is 24.3 Å². The predicted octanol–water partition coefficient (Wildman–Crippen LogP) is 1.76. The van der Waals surface area contributed by atoms with Gasteiger partial charge in [0.1, 0.15) is 5.75 Å². The van der Waals surface area contributed by atoms with Gasteiger partial charge in [-0.3, -0.25) is 0 Å². The van der Waals surface area contributed by atoms with Crippen LogP contribution in [0.25, 0.3) is 11.5 Å². The minimum absolute atomic E-state index is 0.243. The van der Waals surface area contributed by atoms with Gasteiger partial charge in [0.15, 0.2) is 5.82 Å². The summed E-state index contributed by atoms with van der Waals surface area (Å²) in [6, 6.07) is 7.22. The van der Waals surface area contributed by atoms with E-state index >= 15 is 0 Å². The van der Waals surface area contributed by atoms with Crippen molar-refractivity contribution in [2.24, 2.45) is 5.73 Å². The third-order valence-corrected chi connectivity index (χ3v) is 2.19. The SMILES string of the molecule is COc1ccccc1-c1nc([C@H](C)N)no1. The van der Waals surface area contributed by atoms with Crippen LogP contribution in [0.4, 0.5) is 0 Å². The molecule has 2 aromatic rings. The summed E-state index contributed by atoms with van der Waals surface area (Å²) < 4.78 is 10.3. The molecule has 0 spiro atoms. The Balaban J connectivity index is 2.42. The third-order valence-electron chi connectivity index (χ3n) is 2.19. The molecule has 0 bridgehead atoms. The molecule has 1 aromatic carbocycles. The van der Waals surface area contributed by atoms with Crippen molar-refractivity contribution in [2.75, 3.05) is 7.11 Å². The largest absolute Gasteiger partial charge is 0.496 e. The molecule has 0 aliphatic rings. The number of nitrogens with two attached hydrogens (primary N) is 1. The molecule has 2 rings (SSSR count). The first kappa shape index (κ1) is 10.6. The van der Waals surface area contributed by atoms with E-state index in [-0.39, 0.29) is 6.04 Å². The molecule has 0 radical (unpaired) electrons. The minimum atomic E-state index is -0.243. The number of benzene rings is 1. The zero-order valence-electron chi connectivity index (χ0n) is 9.18. The maximum Gasteiger partial charge on any atom is 0.261 e. The predicted molar refractivity (Wildman–Crippen MR) is 58.9 cm³/mol. The number of aromatic nitrogens is 2. The zero-order valence-corrected chi connectivity index (χ0v) is 9.18. The van der Waals surface area contributed by atoms with Crippen LogP contribution in [0.2, 0.25) is 0 Å². The lowest BCUT2D eigenvalue weighted by atomic mass is 10.2. The Bertz CT molecular complexity index is 480. The molecule has 0 aliphatic heterocycles. The van der Waals surface area contributed by atoms with E-state index in [0.717, 1.165) is 5.56 Å². The number of ether oxygens (including phenoxy) is 1. The lowest BCUT2D eigenvalue weighted by Crippen LogP contribution is -2.06. The van der Waals surface area contributed by atoms with Crippen molar-refractivity contribution in [3.05, 3.63) is 30.1 Å². The number of hydrogen-bond donors (Lipinski definition) is 1. The Kier molecular flexibility index (Phi) is 2.87. The second-order valence-electron chi connectivity index (χ2n) is 3.45. The molecule has 5 nitrogen and oxygen atoms in total. The lowest BCUT2D eigenvalue weighted by Gasteiger charge is -2.02. The van der Waals surface area contributed by atoms with Gasteiger partial charge in [-0.25, -0.2) is 0 Å². The number of para-hydroxylation sites is 1. The van der Waals surface area contributed by atoms with Crippen LogP contribution in [0.15, 0.2) is 28.8 Å². The van der Waals surface area contributed by atoms with Crippen molar-refractivity contribution in [3.63, 3.8) is 0 Å². The second kappa shape index (κ2) is 4.32. The summed E-state index contributed by atoms with van der Waals surface area (Å²) in [6.45, 7) is 1.80. The Morgan fingerprint density at radius 3 is 2.75 bits per heavy atom.